The Morgan fingerprint density at radius 1 is 1.26 bits per heavy atom. The lowest BCUT2D eigenvalue weighted by Gasteiger charge is -2.25. The van der Waals surface area contributed by atoms with E-state index in [1.165, 1.54) is 4.90 Å². The zero-order chi connectivity index (χ0) is 14.6. The first-order valence-electron chi connectivity index (χ1n) is 5.92. The molecular formula is C14H18ClNO3. The second kappa shape index (κ2) is 6.06. The van der Waals surface area contributed by atoms with Crippen LogP contribution in [0.25, 0.3) is 0 Å². The van der Waals surface area contributed by atoms with Crippen LogP contribution in [0.5, 0.6) is 0 Å². The van der Waals surface area contributed by atoms with E-state index in [1.54, 1.807) is 52.1 Å². The molecule has 0 aromatic heterocycles. The summed E-state index contributed by atoms with van der Waals surface area (Å²) in [6, 6.07) is 6.91. The van der Waals surface area contributed by atoms with Crippen molar-refractivity contribution >= 4 is 22.9 Å². The fourth-order valence-electron chi connectivity index (χ4n) is 1.51. The molecule has 0 aliphatic heterocycles. The number of carbonyl (C=O) groups excluding carboxylic acids is 2. The molecule has 0 spiro atoms. The smallest absolute Gasteiger partial charge is 0.410 e. The molecule has 0 N–H and O–H groups in total. The molecule has 4 nitrogen and oxygen atoms in total. The van der Waals surface area contributed by atoms with Crippen molar-refractivity contribution in [3.63, 3.8) is 0 Å². The van der Waals surface area contributed by atoms with E-state index in [4.69, 9.17) is 16.3 Å². The molecule has 0 bridgehead atoms. The van der Waals surface area contributed by atoms with Crippen LogP contribution >= 0.6 is 11.6 Å². The fourth-order valence-corrected chi connectivity index (χ4v) is 1.69. The number of amides is 1. The quantitative estimate of drug-likeness (QED) is 0.799. The number of hydrogen-bond donors (Lipinski definition) is 0. The third-order valence-electron chi connectivity index (χ3n) is 2.34. The Bertz CT molecular complexity index is 480. The number of benzene rings is 1. The van der Waals surface area contributed by atoms with E-state index < -0.39 is 16.9 Å². The van der Waals surface area contributed by atoms with Gasteiger partial charge in [0.05, 0.1) is 0 Å². The van der Waals surface area contributed by atoms with Crippen molar-refractivity contribution in [3.05, 3.63) is 35.4 Å². The molecule has 0 heterocycles. The molecule has 0 unspecified atom stereocenters. The number of halogens is 1. The molecule has 5 heteroatoms. The lowest BCUT2D eigenvalue weighted by atomic mass is 10.1. The van der Waals surface area contributed by atoms with Crippen molar-refractivity contribution < 1.29 is 14.3 Å². The number of ether oxygens (including phenoxy) is 1. The van der Waals surface area contributed by atoms with E-state index in [9.17, 15) is 9.59 Å². The van der Waals surface area contributed by atoms with Crippen molar-refractivity contribution in [1.82, 2.24) is 4.90 Å². The first-order chi connectivity index (χ1) is 8.70. The summed E-state index contributed by atoms with van der Waals surface area (Å²) in [6.07, 6.45) is -0.440. The number of rotatable bonds is 3. The minimum atomic E-state index is -0.548. The van der Waals surface area contributed by atoms with Crippen molar-refractivity contribution in [3.8, 4) is 0 Å². The molecule has 0 radical (unpaired) electrons. The summed E-state index contributed by atoms with van der Waals surface area (Å²) in [7, 11) is 1.61. The molecule has 0 saturated carbocycles. The molecule has 0 aliphatic carbocycles. The van der Waals surface area contributed by atoms with E-state index in [2.05, 4.69) is 0 Å². The van der Waals surface area contributed by atoms with Crippen molar-refractivity contribution in [2.24, 2.45) is 0 Å². The molecule has 1 amide bonds. The Morgan fingerprint density at radius 2 is 1.84 bits per heavy atom. The van der Waals surface area contributed by atoms with Crippen LogP contribution < -0.4 is 0 Å². The van der Waals surface area contributed by atoms with Crippen LogP contribution in [0, 0.1) is 0 Å². The average Bonchev–Trinajstić information content (AvgIpc) is 2.27. The first kappa shape index (κ1) is 15.5. The maximum Gasteiger partial charge on any atom is 0.410 e. The maximum atomic E-state index is 11.8. The van der Waals surface area contributed by atoms with Gasteiger partial charge in [0.2, 0.25) is 0 Å². The molecule has 0 atom stereocenters. The van der Waals surface area contributed by atoms with Gasteiger partial charge in [0, 0.05) is 19.2 Å². The van der Waals surface area contributed by atoms with Gasteiger partial charge in [-0.25, -0.2) is 4.79 Å². The summed E-state index contributed by atoms with van der Waals surface area (Å²) in [5.74, 6) is 0. The van der Waals surface area contributed by atoms with Gasteiger partial charge in [0.25, 0.3) is 5.24 Å². The van der Waals surface area contributed by atoms with Gasteiger partial charge >= 0.3 is 6.09 Å². The van der Waals surface area contributed by atoms with Crippen LogP contribution in [0.3, 0.4) is 0 Å². The zero-order valence-corrected chi connectivity index (χ0v) is 12.3. The summed E-state index contributed by atoms with van der Waals surface area (Å²) in [4.78, 5) is 24.5. The number of nitrogens with zero attached hydrogens (tertiary/aromatic N) is 1. The highest BCUT2D eigenvalue weighted by atomic mass is 35.5. The van der Waals surface area contributed by atoms with Crippen LogP contribution in [0.15, 0.2) is 24.3 Å². The molecule has 0 saturated heterocycles. The molecule has 1 aromatic rings. The largest absolute Gasteiger partial charge is 0.444 e. The van der Waals surface area contributed by atoms with E-state index in [1.807, 2.05) is 0 Å². The number of carbonyl (C=O) groups is 2. The monoisotopic (exact) mass is 283 g/mol. The van der Waals surface area contributed by atoms with Crippen LogP contribution in [0.4, 0.5) is 4.79 Å². The summed E-state index contributed by atoms with van der Waals surface area (Å²) >= 11 is 5.50. The van der Waals surface area contributed by atoms with Gasteiger partial charge in [-0.3, -0.25) is 4.79 Å². The normalized spacial score (nSPS) is 11.0. The SMILES string of the molecule is CN(Cc1ccccc1C(=O)Cl)C(=O)OC(C)(C)C. The highest BCUT2D eigenvalue weighted by molar-refractivity contribution is 6.67. The average molecular weight is 284 g/mol. The third-order valence-corrected chi connectivity index (χ3v) is 2.55. The Morgan fingerprint density at radius 3 is 2.37 bits per heavy atom. The minimum Gasteiger partial charge on any atom is -0.444 e. The van der Waals surface area contributed by atoms with Crippen molar-refractivity contribution in [2.45, 2.75) is 32.9 Å². The Labute approximate surface area is 118 Å². The molecule has 1 aromatic carbocycles. The zero-order valence-electron chi connectivity index (χ0n) is 11.6. The summed E-state index contributed by atoms with van der Waals surface area (Å²) < 4.78 is 5.24. The van der Waals surface area contributed by atoms with Crippen LogP contribution in [-0.4, -0.2) is 28.9 Å². The van der Waals surface area contributed by atoms with Gasteiger partial charge in [-0.05, 0) is 44.0 Å². The van der Waals surface area contributed by atoms with E-state index in [0.29, 0.717) is 11.1 Å². The van der Waals surface area contributed by atoms with Gasteiger partial charge in [0.15, 0.2) is 0 Å². The topological polar surface area (TPSA) is 46.6 Å². The predicted molar refractivity (Wildman–Crippen MR) is 74.3 cm³/mol. The van der Waals surface area contributed by atoms with Gasteiger partial charge in [-0.1, -0.05) is 18.2 Å². The molecule has 104 valence electrons. The van der Waals surface area contributed by atoms with Gasteiger partial charge in [-0.15, -0.1) is 0 Å². The van der Waals surface area contributed by atoms with Gasteiger partial charge in [-0.2, -0.15) is 0 Å². The van der Waals surface area contributed by atoms with Crippen LogP contribution in [-0.2, 0) is 11.3 Å². The maximum absolute atomic E-state index is 11.8. The molecule has 0 fully saturated rings. The fraction of sp³-hybridized carbons (Fsp3) is 0.429. The lowest BCUT2D eigenvalue weighted by molar-refractivity contribution is 0.0284. The lowest BCUT2D eigenvalue weighted by Crippen LogP contribution is -2.34. The molecule has 1 rings (SSSR count). The van der Waals surface area contributed by atoms with E-state index >= 15 is 0 Å². The second-order valence-corrected chi connectivity index (χ2v) is 5.61. The first-order valence-corrected chi connectivity index (χ1v) is 6.30. The standard InChI is InChI=1S/C14H18ClNO3/c1-14(2,3)19-13(18)16(4)9-10-7-5-6-8-11(10)12(15)17/h5-8H,9H2,1-4H3. The van der Waals surface area contributed by atoms with Crippen molar-refractivity contribution in [1.29, 1.82) is 0 Å². The predicted octanol–water partition coefficient (Wildman–Crippen LogP) is 3.43. The van der Waals surface area contributed by atoms with Gasteiger partial charge < -0.3 is 9.64 Å². The molecule has 0 aliphatic rings. The van der Waals surface area contributed by atoms with Crippen LogP contribution in [0.2, 0.25) is 0 Å². The van der Waals surface area contributed by atoms with Crippen LogP contribution in [0.1, 0.15) is 36.7 Å². The Hall–Kier alpha value is -1.55. The molecular weight excluding hydrogens is 266 g/mol. The second-order valence-electron chi connectivity index (χ2n) is 5.27. The Kier molecular flexibility index (Phi) is 4.95. The summed E-state index contributed by atoms with van der Waals surface area (Å²) in [6.45, 7) is 5.67. The van der Waals surface area contributed by atoms with E-state index in [-0.39, 0.29) is 6.54 Å². The summed E-state index contributed by atoms with van der Waals surface area (Å²) in [5, 5.41) is -0.534. The van der Waals surface area contributed by atoms with Gasteiger partial charge in [0.1, 0.15) is 5.60 Å². The number of hydrogen-bond acceptors (Lipinski definition) is 3. The minimum absolute atomic E-state index is 0.267. The third kappa shape index (κ3) is 4.91. The van der Waals surface area contributed by atoms with Crippen molar-refractivity contribution in [2.75, 3.05) is 7.05 Å². The summed E-state index contributed by atoms with van der Waals surface area (Å²) in [5.41, 5.74) is 0.545. The molecule has 19 heavy (non-hydrogen) atoms. The Balaban J connectivity index is 2.80. The highest BCUT2D eigenvalue weighted by Crippen LogP contribution is 2.15. The van der Waals surface area contributed by atoms with E-state index in [0.717, 1.165) is 0 Å². The highest BCUT2D eigenvalue weighted by Gasteiger charge is 2.20.